The molecular weight excluding hydrogens is 533 g/mol. The average molecular weight is 557 g/mol. The second-order valence-corrected chi connectivity index (χ2v) is 9.56. The van der Waals surface area contributed by atoms with Crippen molar-refractivity contribution in [3.05, 3.63) is 68.6 Å². The van der Waals surface area contributed by atoms with Crippen molar-refractivity contribution in [2.24, 2.45) is 5.92 Å². The van der Waals surface area contributed by atoms with E-state index in [0.29, 0.717) is 31.5 Å². The second kappa shape index (κ2) is 10.6. The van der Waals surface area contributed by atoms with Crippen molar-refractivity contribution in [1.82, 2.24) is 14.2 Å². The number of aromatic nitrogens is 2. The lowest BCUT2D eigenvalue weighted by Gasteiger charge is -2.31. The molecule has 2 atom stereocenters. The molecule has 2 aliphatic rings. The number of likely N-dealkylation sites (tertiary alicyclic amines) is 1. The Morgan fingerprint density at radius 3 is 2.17 bits per heavy atom. The third-order valence-corrected chi connectivity index (χ3v) is 7.12. The number of ether oxygens (including phenoxy) is 2. The summed E-state index contributed by atoms with van der Waals surface area (Å²) in [7, 11) is 0. The fourth-order valence-electron chi connectivity index (χ4n) is 4.85. The van der Waals surface area contributed by atoms with Gasteiger partial charge in [-0.05, 0) is 62.3 Å². The maximum Gasteiger partial charge on any atom is 0.364 e. The number of piperidine rings is 1. The van der Waals surface area contributed by atoms with Gasteiger partial charge in [-0.3, -0.25) is 14.2 Å². The summed E-state index contributed by atoms with van der Waals surface area (Å²) in [5.74, 6) is -4.64. The number of ketones is 1. The maximum atomic E-state index is 13.4. The van der Waals surface area contributed by atoms with E-state index in [4.69, 9.17) is 9.47 Å². The highest BCUT2D eigenvalue weighted by Gasteiger charge is 2.38. The normalized spacial score (nSPS) is 20.4. The molecule has 1 fully saturated rings. The van der Waals surface area contributed by atoms with Crippen LogP contribution in [0.5, 0.6) is 11.5 Å². The van der Waals surface area contributed by atoms with Crippen LogP contribution in [0, 0.1) is 11.7 Å². The topological polar surface area (TPSA) is 178 Å². The van der Waals surface area contributed by atoms with E-state index < -0.39 is 58.1 Å². The van der Waals surface area contributed by atoms with Crippen molar-refractivity contribution in [2.75, 3.05) is 19.6 Å². The van der Waals surface area contributed by atoms with Crippen molar-refractivity contribution >= 4 is 28.6 Å². The number of halogens is 1. The van der Waals surface area contributed by atoms with Crippen molar-refractivity contribution in [3.63, 3.8) is 0 Å². The minimum absolute atomic E-state index is 0.0852. The number of hydrogen-bond acceptors (Lipinski definition) is 11. The summed E-state index contributed by atoms with van der Waals surface area (Å²) < 4.78 is 24.1. The van der Waals surface area contributed by atoms with E-state index in [1.54, 1.807) is 0 Å². The molecule has 13 nitrogen and oxygen atoms in total. The van der Waals surface area contributed by atoms with Gasteiger partial charge in [0, 0.05) is 24.6 Å². The predicted molar refractivity (Wildman–Crippen MR) is 133 cm³/mol. The van der Waals surface area contributed by atoms with Gasteiger partial charge in [0.25, 0.3) is 5.56 Å². The molecule has 0 bridgehead atoms. The highest BCUT2D eigenvalue weighted by molar-refractivity contribution is 5.98. The average Bonchev–Trinajstić information content (AvgIpc) is 2.95. The molecule has 210 valence electrons. The molecule has 2 aromatic carbocycles. The van der Waals surface area contributed by atoms with E-state index in [0.717, 1.165) is 16.7 Å². The van der Waals surface area contributed by atoms with Gasteiger partial charge in [-0.15, -0.1) is 4.73 Å². The number of hydrogen-bond donors (Lipinski definition) is 3. The van der Waals surface area contributed by atoms with Gasteiger partial charge in [-0.25, -0.2) is 18.8 Å². The quantitative estimate of drug-likeness (QED) is 0.162. The number of carbonyl (C=O) groups is 3. The summed E-state index contributed by atoms with van der Waals surface area (Å²) in [5, 5.41) is 29.6. The second-order valence-electron chi connectivity index (χ2n) is 9.56. The fraction of sp³-hybridized carbons (Fsp3) is 0.346. The van der Waals surface area contributed by atoms with Crippen LogP contribution in [0.15, 0.2) is 46.0 Å². The summed E-state index contributed by atoms with van der Waals surface area (Å²) in [5.41, 5.74) is -1.94. The Labute approximate surface area is 224 Å². The molecule has 0 amide bonds. The first-order valence-corrected chi connectivity index (χ1v) is 12.4. The molecule has 0 radical (unpaired) electrons. The monoisotopic (exact) mass is 557 g/mol. The molecule has 0 aliphatic carbocycles. The number of esters is 2. The van der Waals surface area contributed by atoms with Gasteiger partial charge in [-0.2, -0.15) is 0 Å². The minimum atomic E-state index is -2.30. The van der Waals surface area contributed by atoms with E-state index in [2.05, 4.69) is 0 Å². The van der Waals surface area contributed by atoms with Crippen LogP contribution in [0.25, 0.3) is 10.9 Å². The summed E-state index contributed by atoms with van der Waals surface area (Å²) in [6.07, 6.45) is -3.50. The zero-order valence-electron chi connectivity index (χ0n) is 20.9. The Morgan fingerprint density at radius 2 is 1.52 bits per heavy atom. The van der Waals surface area contributed by atoms with Crippen LogP contribution in [0.1, 0.15) is 23.2 Å². The van der Waals surface area contributed by atoms with Crippen LogP contribution in [0.3, 0.4) is 0 Å². The van der Waals surface area contributed by atoms with Crippen molar-refractivity contribution in [3.8, 4) is 11.5 Å². The molecule has 3 heterocycles. The molecule has 0 spiro atoms. The zero-order valence-corrected chi connectivity index (χ0v) is 20.9. The minimum Gasteiger partial charge on any atom is -0.424 e. The molecule has 3 N–H and O–H groups in total. The fourth-order valence-corrected chi connectivity index (χ4v) is 4.85. The largest absolute Gasteiger partial charge is 0.424 e. The first-order chi connectivity index (χ1) is 19.1. The van der Waals surface area contributed by atoms with E-state index in [-0.39, 0.29) is 35.0 Å². The summed E-state index contributed by atoms with van der Waals surface area (Å²) >= 11 is 0. The maximum absolute atomic E-state index is 13.4. The van der Waals surface area contributed by atoms with E-state index in [1.165, 1.54) is 24.3 Å². The van der Waals surface area contributed by atoms with Gasteiger partial charge in [0.05, 0.1) is 0 Å². The standard InChI is InChI=1S/C26H24FN3O10/c27-15-3-1-13(2-4-15)19(31)14-7-9-28(10-8-14)11-12-29-23(34)18-16(30(38)26(29)37)5-6-17-22(18)40-25(36)21(33)20(32)24(35)39-17/h1-6,14,20-21,32-33,38H,7-12H2. The number of carbonyl (C=O) groups excluding carboxylic acids is 3. The number of aliphatic hydroxyl groups is 2. The van der Waals surface area contributed by atoms with Crippen LogP contribution in [-0.2, 0) is 16.1 Å². The van der Waals surface area contributed by atoms with Crippen LogP contribution >= 0.6 is 0 Å². The third kappa shape index (κ3) is 4.87. The summed E-state index contributed by atoms with van der Waals surface area (Å²) in [4.78, 5) is 65.2. The smallest absolute Gasteiger partial charge is 0.364 e. The number of aliphatic hydroxyl groups excluding tert-OH is 2. The Kier molecular flexibility index (Phi) is 7.23. The lowest BCUT2D eigenvalue weighted by Crippen LogP contribution is -2.46. The molecular formula is C26H24FN3O10. The highest BCUT2D eigenvalue weighted by atomic mass is 19.1. The zero-order chi connectivity index (χ0) is 28.7. The number of rotatable bonds is 5. The molecule has 0 saturated carbocycles. The number of fused-ring (bicyclic) bond motifs is 3. The van der Waals surface area contributed by atoms with Gasteiger partial charge in [0.2, 0.25) is 0 Å². The Hall–Kier alpha value is -4.40. The lowest BCUT2D eigenvalue weighted by atomic mass is 9.89. The molecule has 1 saturated heterocycles. The molecule has 3 aromatic rings. The first-order valence-electron chi connectivity index (χ1n) is 12.4. The van der Waals surface area contributed by atoms with Crippen molar-refractivity contribution in [1.29, 1.82) is 0 Å². The molecule has 14 heteroatoms. The Morgan fingerprint density at radius 1 is 0.900 bits per heavy atom. The SMILES string of the molecule is O=C(c1ccc(F)cc1)C1CCN(CCn2c(=O)c3c4c(ccc3n(O)c2=O)OC(=O)C(O)C(O)C(=O)O4)CC1. The van der Waals surface area contributed by atoms with Gasteiger partial charge in [0.1, 0.15) is 16.7 Å². The molecule has 2 unspecified atom stereocenters. The van der Waals surface area contributed by atoms with Crippen LogP contribution < -0.4 is 20.7 Å². The summed E-state index contributed by atoms with van der Waals surface area (Å²) in [6, 6.07) is 7.50. The van der Waals surface area contributed by atoms with E-state index in [9.17, 15) is 43.8 Å². The highest BCUT2D eigenvalue weighted by Crippen LogP contribution is 2.35. The lowest BCUT2D eigenvalue weighted by molar-refractivity contribution is -0.164. The first kappa shape index (κ1) is 27.2. The van der Waals surface area contributed by atoms with Crippen LogP contribution in [-0.4, -0.2) is 79.2 Å². The van der Waals surface area contributed by atoms with Gasteiger partial charge in [-0.1, -0.05) is 0 Å². The van der Waals surface area contributed by atoms with Gasteiger partial charge >= 0.3 is 17.6 Å². The van der Waals surface area contributed by atoms with Gasteiger partial charge in [0.15, 0.2) is 29.5 Å². The molecule has 1 aromatic heterocycles. The number of benzene rings is 2. The number of Topliss-reactive ketones (excluding diaryl/α,β-unsaturated/α-hetero) is 1. The number of nitrogens with zero attached hydrogens (tertiary/aromatic N) is 3. The Bertz CT molecular complexity index is 1620. The predicted octanol–water partition coefficient (Wildman–Crippen LogP) is -0.319. The molecule has 5 rings (SSSR count). The van der Waals surface area contributed by atoms with Gasteiger partial charge < -0.3 is 29.8 Å². The summed E-state index contributed by atoms with van der Waals surface area (Å²) in [6.45, 7) is 0.989. The third-order valence-electron chi connectivity index (χ3n) is 7.12. The van der Waals surface area contributed by atoms with E-state index >= 15 is 0 Å². The van der Waals surface area contributed by atoms with Crippen LogP contribution in [0.2, 0.25) is 0 Å². The van der Waals surface area contributed by atoms with Crippen LogP contribution in [0.4, 0.5) is 4.39 Å². The van der Waals surface area contributed by atoms with E-state index in [1.807, 2.05) is 4.90 Å². The molecule has 2 aliphatic heterocycles. The van der Waals surface area contributed by atoms with Crippen molar-refractivity contribution in [2.45, 2.75) is 31.6 Å². The Balaban J connectivity index is 1.37. The van der Waals surface area contributed by atoms with Crippen molar-refractivity contribution < 1.29 is 43.7 Å². The molecule has 40 heavy (non-hydrogen) atoms.